The molecule has 0 aliphatic heterocycles. The molecule has 8 heteroatoms. The lowest BCUT2D eigenvalue weighted by molar-refractivity contribution is 0.0651. The molecule has 1 aromatic carbocycles. The van der Waals surface area contributed by atoms with Crippen molar-refractivity contribution in [1.82, 2.24) is 14.8 Å². The Balaban J connectivity index is 1.69. The summed E-state index contributed by atoms with van der Waals surface area (Å²) in [5, 5.41) is 21.2. The van der Waals surface area contributed by atoms with E-state index in [9.17, 15) is 9.90 Å². The van der Waals surface area contributed by atoms with Crippen molar-refractivity contribution in [2.75, 3.05) is 5.32 Å². The molecule has 156 valence electrons. The van der Waals surface area contributed by atoms with Crippen molar-refractivity contribution >= 4 is 33.8 Å². The van der Waals surface area contributed by atoms with Crippen molar-refractivity contribution < 1.29 is 14.3 Å². The highest BCUT2D eigenvalue weighted by molar-refractivity contribution is 7.09. The lowest BCUT2D eigenvalue weighted by Gasteiger charge is -2.16. The molecule has 0 fully saturated rings. The van der Waals surface area contributed by atoms with Crippen molar-refractivity contribution in [2.45, 2.75) is 45.8 Å². The fourth-order valence-corrected chi connectivity index (χ4v) is 3.87. The maximum atomic E-state index is 12.8. The highest BCUT2D eigenvalue weighted by atomic mass is 32.1. The van der Waals surface area contributed by atoms with Crippen molar-refractivity contribution in [3.8, 4) is 11.1 Å². The number of hydrogen-bond acceptors (Lipinski definition) is 6. The Hall–Kier alpha value is -2.97. The monoisotopic (exact) mass is 424 g/mol. The number of aliphatic hydroxyl groups is 1. The number of aromatic nitrogens is 3. The predicted octanol–water partition coefficient (Wildman–Crippen LogP) is 4.73. The molecule has 0 radical (unpaired) electrons. The van der Waals surface area contributed by atoms with E-state index in [1.54, 1.807) is 31.8 Å². The zero-order valence-electron chi connectivity index (χ0n) is 17.2. The number of nitrogens with one attached hydrogen (secondary N) is 1. The number of thiazole rings is 1. The van der Waals surface area contributed by atoms with E-state index in [2.05, 4.69) is 15.4 Å². The van der Waals surface area contributed by atoms with Crippen LogP contribution in [0.25, 0.3) is 22.0 Å². The van der Waals surface area contributed by atoms with E-state index in [0.717, 1.165) is 33.5 Å². The maximum Gasteiger partial charge on any atom is 0.275 e. The van der Waals surface area contributed by atoms with Gasteiger partial charge in [0.2, 0.25) is 0 Å². The number of nitrogens with zero attached hydrogens (tertiary/aromatic N) is 3. The van der Waals surface area contributed by atoms with Crippen LogP contribution < -0.4 is 5.32 Å². The van der Waals surface area contributed by atoms with Crippen LogP contribution in [0.5, 0.6) is 0 Å². The first-order valence-corrected chi connectivity index (χ1v) is 10.7. The number of rotatable bonds is 7. The van der Waals surface area contributed by atoms with Gasteiger partial charge >= 0.3 is 0 Å². The van der Waals surface area contributed by atoms with Gasteiger partial charge in [0.15, 0.2) is 0 Å². The molecule has 30 heavy (non-hydrogen) atoms. The van der Waals surface area contributed by atoms with Crippen molar-refractivity contribution in [3.05, 3.63) is 53.0 Å². The summed E-state index contributed by atoms with van der Waals surface area (Å²) in [6.07, 6.45) is 6.55. The summed E-state index contributed by atoms with van der Waals surface area (Å²) in [6, 6.07) is 5.70. The molecule has 0 aliphatic carbocycles. The highest BCUT2D eigenvalue weighted by Crippen LogP contribution is 2.33. The molecule has 0 saturated heterocycles. The van der Waals surface area contributed by atoms with Gasteiger partial charge in [-0.25, -0.2) is 4.98 Å². The molecule has 4 aromatic rings. The number of carbonyl (C=O) groups is 1. The summed E-state index contributed by atoms with van der Waals surface area (Å²) in [5.74, 6) is -0.246. The second-order valence-corrected chi connectivity index (χ2v) is 8.80. The van der Waals surface area contributed by atoms with Gasteiger partial charge in [0, 0.05) is 40.3 Å². The third kappa shape index (κ3) is 4.44. The van der Waals surface area contributed by atoms with E-state index < -0.39 is 5.60 Å². The minimum absolute atomic E-state index is 0.246. The molecule has 2 N–H and O–H groups in total. The quantitative estimate of drug-likeness (QED) is 0.447. The van der Waals surface area contributed by atoms with Gasteiger partial charge in [-0.05, 0) is 44.9 Å². The summed E-state index contributed by atoms with van der Waals surface area (Å²) in [6.45, 7) is 6.17. The van der Waals surface area contributed by atoms with Crippen LogP contribution in [0.15, 0.2) is 46.7 Å². The second kappa shape index (κ2) is 8.04. The molecular formula is C22H24N4O3S. The normalized spacial score (nSPS) is 11.9. The maximum absolute atomic E-state index is 12.8. The average Bonchev–Trinajstić information content (AvgIpc) is 3.44. The van der Waals surface area contributed by atoms with Gasteiger partial charge in [0.25, 0.3) is 5.91 Å². The van der Waals surface area contributed by atoms with Crippen molar-refractivity contribution in [1.29, 1.82) is 0 Å². The second-order valence-electron chi connectivity index (χ2n) is 7.86. The molecular weight excluding hydrogens is 400 g/mol. The standard InChI is InChI=1S/C22H24N4O3S/c1-4-20-23-19(13-30-20)21(27)24-18-9-15-11-26(7-6-22(2,3)28)25-17(15)10-16(18)14-5-8-29-12-14/h5,8-13,28H,4,6-7H2,1-3H3,(H,24,27). The number of anilines is 1. The predicted molar refractivity (Wildman–Crippen MR) is 118 cm³/mol. The Labute approximate surface area is 178 Å². The topological polar surface area (TPSA) is 93.2 Å². The molecule has 0 spiro atoms. The first kappa shape index (κ1) is 20.3. The minimum Gasteiger partial charge on any atom is -0.472 e. The zero-order valence-corrected chi connectivity index (χ0v) is 18.0. The van der Waals surface area contributed by atoms with Crippen LogP contribution in [-0.4, -0.2) is 31.4 Å². The van der Waals surface area contributed by atoms with Crippen molar-refractivity contribution in [2.24, 2.45) is 0 Å². The minimum atomic E-state index is -0.760. The van der Waals surface area contributed by atoms with Gasteiger partial charge < -0.3 is 14.8 Å². The molecule has 0 bridgehead atoms. The summed E-state index contributed by atoms with van der Waals surface area (Å²) < 4.78 is 7.07. The van der Waals surface area contributed by atoms with E-state index in [-0.39, 0.29) is 5.91 Å². The van der Waals surface area contributed by atoms with Gasteiger partial charge in [-0.1, -0.05) is 6.92 Å². The number of furan rings is 1. The Bertz CT molecular complexity index is 1170. The summed E-state index contributed by atoms with van der Waals surface area (Å²) in [7, 11) is 0. The lowest BCUT2D eigenvalue weighted by Crippen LogP contribution is -2.21. The highest BCUT2D eigenvalue weighted by Gasteiger charge is 2.17. The molecule has 3 heterocycles. The molecule has 0 unspecified atom stereocenters. The summed E-state index contributed by atoms with van der Waals surface area (Å²) in [5.41, 5.74) is 2.80. The van der Waals surface area contributed by atoms with Gasteiger partial charge in [-0.3, -0.25) is 9.48 Å². The van der Waals surface area contributed by atoms with Crippen LogP contribution in [0.1, 0.15) is 42.7 Å². The van der Waals surface area contributed by atoms with Crippen LogP contribution in [-0.2, 0) is 13.0 Å². The Morgan fingerprint density at radius 1 is 1.37 bits per heavy atom. The molecule has 7 nitrogen and oxygen atoms in total. The number of amides is 1. The van der Waals surface area contributed by atoms with E-state index in [1.807, 2.05) is 36.0 Å². The van der Waals surface area contributed by atoms with Gasteiger partial charge in [0.1, 0.15) is 5.69 Å². The largest absolute Gasteiger partial charge is 0.472 e. The van der Waals surface area contributed by atoms with Crippen LogP contribution >= 0.6 is 11.3 Å². The van der Waals surface area contributed by atoms with Crippen LogP contribution in [0.4, 0.5) is 5.69 Å². The molecule has 4 rings (SSSR count). The van der Waals surface area contributed by atoms with E-state index in [1.165, 1.54) is 11.3 Å². The Morgan fingerprint density at radius 3 is 2.87 bits per heavy atom. The molecule has 0 saturated carbocycles. The molecule has 0 aliphatic rings. The smallest absolute Gasteiger partial charge is 0.275 e. The summed E-state index contributed by atoms with van der Waals surface area (Å²) >= 11 is 1.48. The zero-order chi connectivity index (χ0) is 21.3. The van der Waals surface area contributed by atoms with Crippen molar-refractivity contribution in [3.63, 3.8) is 0 Å². The van der Waals surface area contributed by atoms with Crippen LogP contribution in [0.2, 0.25) is 0 Å². The number of benzene rings is 1. The average molecular weight is 425 g/mol. The lowest BCUT2D eigenvalue weighted by atomic mass is 10.0. The SMILES string of the molecule is CCc1nc(C(=O)Nc2cc3cn(CCC(C)(C)O)nc3cc2-c2ccoc2)cs1. The molecule has 3 aromatic heterocycles. The first-order valence-electron chi connectivity index (χ1n) is 9.84. The van der Waals surface area contributed by atoms with Crippen LogP contribution in [0.3, 0.4) is 0 Å². The third-order valence-corrected chi connectivity index (χ3v) is 5.80. The number of carbonyl (C=O) groups excluding carboxylic acids is 1. The molecule has 1 amide bonds. The van der Waals surface area contributed by atoms with Gasteiger partial charge in [-0.2, -0.15) is 5.10 Å². The van der Waals surface area contributed by atoms with Gasteiger partial charge in [0.05, 0.1) is 28.7 Å². The number of aryl methyl sites for hydroxylation is 2. The third-order valence-electron chi connectivity index (χ3n) is 4.81. The fourth-order valence-electron chi connectivity index (χ4n) is 3.15. The van der Waals surface area contributed by atoms with Crippen LogP contribution in [0, 0.1) is 0 Å². The fraction of sp³-hybridized carbons (Fsp3) is 0.318. The van der Waals surface area contributed by atoms with E-state index in [4.69, 9.17) is 4.42 Å². The summed E-state index contributed by atoms with van der Waals surface area (Å²) in [4.78, 5) is 17.2. The number of hydrogen-bond donors (Lipinski definition) is 2. The Kier molecular flexibility index (Phi) is 5.44. The van der Waals surface area contributed by atoms with E-state index >= 15 is 0 Å². The Morgan fingerprint density at radius 2 is 2.20 bits per heavy atom. The van der Waals surface area contributed by atoms with Gasteiger partial charge in [-0.15, -0.1) is 11.3 Å². The first-order chi connectivity index (χ1) is 14.3. The molecule has 0 atom stereocenters. The number of fused-ring (bicyclic) bond motifs is 1. The van der Waals surface area contributed by atoms with E-state index in [0.29, 0.717) is 24.3 Å².